The number of rotatable bonds is 6. The maximum absolute atomic E-state index is 13.7. The van der Waals surface area contributed by atoms with E-state index in [4.69, 9.17) is 22.1 Å². The summed E-state index contributed by atoms with van der Waals surface area (Å²) < 4.78 is 47.8. The summed E-state index contributed by atoms with van der Waals surface area (Å²) in [5.41, 5.74) is 8.94. The van der Waals surface area contributed by atoms with Gasteiger partial charge in [-0.05, 0) is 71.3 Å². The van der Waals surface area contributed by atoms with Gasteiger partial charge < -0.3 is 10.5 Å². The molecule has 5 aromatic rings. The van der Waals surface area contributed by atoms with Crippen molar-refractivity contribution in [1.29, 1.82) is 0 Å². The minimum atomic E-state index is -4.15. The highest BCUT2D eigenvalue weighted by molar-refractivity contribution is 7.90. The molecule has 4 aromatic carbocycles. The van der Waals surface area contributed by atoms with Crippen LogP contribution in [0.4, 0.5) is 4.39 Å². The van der Waals surface area contributed by atoms with Crippen LogP contribution in [0.3, 0.4) is 0 Å². The summed E-state index contributed by atoms with van der Waals surface area (Å²) in [5.74, 6) is -0.527. The lowest BCUT2D eigenvalue weighted by molar-refractivity contribution is 0.389. The van der Waals surface area contributed by atoms with Crippen LogP contribution >= 0.6 is 11.6 Å². The average Bonchev–Trinajstić information content (AvgIpc) is 3.19. The lowest BCUT2D eigenvalue weighted by Gasteiger charge is -2.12. The summed E-state index contributed by atoms with van der Waals surface area (Å²) in [5, 5.41) is 2.69. The molecule has 0 saturated heterocycles. The molecule has 2 N–H and O–H groups in total. The van der Waals surface area contributed by atoms with Gasteiger partial charge in [0.2, 0.25) is 5.88 Å². The maximum Gasteiger partial charge on any atom is 0.271 e. The summed E-state index contributed by atoms with van der Waals surface area (Å²) in [6.45, 7) is 0.304. The van der Waals surface area contributed by atoms with E-state index < -0.39 is 15.8 Å². The molecule has 0 spiro atoms. The zero-order chi connectivity index (χ0) is 24.7. The van der Waals surface area contributed by atoms with Crippen molar-refractivity contribution in [3.8, 4) is 17.0 Å². The van der Waals surface area contributed by atoms with Gasteiger partial charge in [-0.15, -0.1) is 0 Å². The Hall–Kier alpha value is -3.39. The van der Waals surface area contributed by atoms with Crippen molar-refractivity contribution in [2.45, 2.75) is 11.3 Å². The number of hydrogen-bond acceptors (Lipinski definition) is 4. The zero-order valence-electron chi connectivity index (χ0n) is 18.8. The molecule has 178 valence electrons. The molecule has 0 fully saturated rings. The van der Waals surface area contributed by atoms with Gasteiger partial charge >= 0.3 is 0 Å². The van der Waals surface area contributed by atoms with E-state index in [9.17, 15) is 12.8 Å². The van der Waals surface area contributed by atoms with Crippen LogP contribution in [0, 0.1) is 5.82 Å². The van der Waals surface area contributed by atoms with E-state index in [1.165, 1.54) is 13.2 Å². The Balaban J connectivity index is 1.75. The van der Waals surface area contributed by atoms with Crippen molar-refractivity contribution in [3.63, 3.8) is 0 Å². The first-order valence-corrected chi connectivity index (χ1v) is 12.8. The monoisotopic (exact) mass is 508 g/mol. The third-order valence-corrected chi connectivity index (χ3v) is 8.07. The van der Waals surface area contributed by atoms with Crippen LogP contribution < -0.4 is 10.5 Å². The largest absolute Gasteiger partial charge is 0.481 e. The van der Waals surface area contributed by atoms with E-state index in [2.05, 4.69) is 24.3 Å². The van der Waals surface area contributed by atoms with Gasteiger partial charge in [0, 0.05) is 10.9 Å². The van der Waals surface area contributed by atoms with Gasteiger partial charge in [0.25, 0.3) is 10.0 Å². The predicted octanol–water partition coefficient (Wildman–Crippen LogP) is 6.00. The highest BCUT2D eigenvalue weighted by atomic mass is 35.5. The Morgan fingerprint density at radius 2 is 1.66 bits per heavy atom. The predicted molar refractivity (Wildman–Crippen MR) is 138 cm³/mol. The first-order chi connectivity index (χ1) is 16.8. The van der Waals surface area contributed by atoms with E-state index in [0.717, 1.165) is 43.4 Å². The minimum absolute atomic E-state index is 0.142. The van der Waals surface area contributed by atoms with Crippen LogP contribution in [0.5, 0.6) is 5.88 Å². The lowest BCUT2D eigenvalue weighted by atomic mass is 9.99. The number of nitrogens with two attached hydrogens (primary N) is 1. The Morgan fingerprint density at radius 1 is 0.943 bits per heavy atom. The van der Waals surface area contributed by atoms with Crippen molar-refractivity contribution in [2.24, 2.45) is 5.73 Å². The number of ether oxygens (including phenoxy) is 1. The molecule has 0 amide bonds. The van der Waals surface area contributed by atoms with Gasteiger partial charge in [-0.1, -0.05) is 54.1 Å². The Morgan fingerprint density at radius 3 is 2.37 bits per heavy atom. The van der Waals surface area contributed by atoms with Crippen molar-refractivity contribution in [2.75, 3.05) is 13.7 Å². The van der Waals surface area contributed by atoms with Crippen LogP contribution in [-0.2, 0) is 16.4 Å². The molecule has 0 saturated carbocycles. The molecule has 5 rings (SSSR count). The lowest BCUT2D eigenvalue weighted by Crippen LogP contribution is -2.15. The Kier molecular flexibility index (Phi) is 6.01. The fourth-order valence-electron chi connectivity index (χ4n) is 4.42. The van der Waals surface area contributed by atoms with Crippen LogP contribution in [0.25, 0.3) is 32.8 Å². The molecule has 0 aliphatic carbocycles. The van der Waals surface area contributed by atoms with Crippen molar-refractivity contribution in [1.82, 2.24) is 3.97 Å². The number of nitrogens with zero attached hydrogens (tertiary/aromatic N) is 1. The number of fused-ring (bicyclic) bond motifs is 2. The molecule has 1 aromatic heterocycles. The number of halogens is 2. The molecule has 5 nitrogen and oxygen atoms in total. The summed E-state index contributed by atoms with van der Waals surface area (Å²) in [7, 11) is -2.73. The molecule has 0 aliphatic rings. The van der Waals surface area contributed by atoms with Gasteiger partial charge in [0.15, 0.2) is 0 Å². The summed E-state index contributed by atoms with van der Waals surface area (Å²) in [6, 6.07) is 23.2. The fourth-order valence-corrected chi connectivity index (χ4v) is 6.21. The Bertz CT molecular complexity index is 1700. The molecule has 0 atom stereocenters. The quantitative estimate of drug-likeness (QED) is 0.305. The van der Waals surface area contributed by atoms with E-state index >= 15 is 0 Å². The molecule has 1 heterocycles. The normalized spacial score (nSPS) is 11.9. The average molecular weight is 509 g/mol. The topological polar surface area (TPSA) is 74.3 Å². The molecular formula is C27H22ClFN2O3S. The fraction of sp³-hybridized carbons (Fsp3) is 0.111. The number of aromatic nitrogens is 1. The summed E-state index contributed by atoms with van der Waals surface area (Å²) >= 11 is 5.89. The highest BCUT2D eigenvalue weighted by Crippen LogP contribution is 2.38. The van der Waals surface area contributed by atoms with Crippen molar-refractivity contribution < 1.29 is 17.5 Å². The first-order valence-electron chi connectivity index (χ1n) is 11.0. The second-order valence-electron chi connectivity index (χ2n) is 8.17. The highest BCUT2D eigenvalue weighted by Gasteiger charge is 2.28. The maximum atomic E-state index is 13.7. The minimum Gasteiger partial charge on any atom is -0.481 e. The van der Waals surface area contributed by atoms with Gasteiger partial charge in [0.05, 0.1) is 22.5 Å². The van der Waals surface area contributed by atoms with E-state index in [1.54, 1.807) is 6.07 Å². The molecule has 0 radical (unpaired) electrons. The third-order valence-electron chi connectivity index (χ3n) is 6.08. The summed E-state index contributed by atoms with van der Waals surface area (Å²) in [4.78, 5) is -0.142. The van der Waals surface area contributed by atoms with Gasteiger partial charge in [-0.25, -0.2) is 16.8 Å². The Labute approximate surface area is 207 Å². The second kappa shape index (κ2) is 9.00. The van der Waals surface area contributed by atoms with Gasteiger partial charge in [-0.2, -0.15) is 0 Å². The van der Waals surface area contributed by atoms with E-state index in [-0.39, 0.29) is 15.8 Å². The molecule has 0 unspecified atom stereocenters. The van der Waals surface area contributed by atoms with Gasteiger partial charge in [0.1, 0.15) is 5.82 Å². The van der Waals surface area contributed by atoms with E-state index in [1.807, 2.05) is 30.3 Å². The second-order valence-corrected chi connectivity index (χ2v) is 10.4. The van der Waals surface area contributed by atoms with Gasteiger partial charge in [-0.3, -0.25) is 0 Å². The standard InChI is InChI=1S/C27H22ClFN2O3S/c1-34-27-22(12-13-30)23-15-20(19-7-6-17-4-2-3-5-18(17)14-19)8-11-26(23)31(27)35(32,33)21-9-10-25(29)24(28)16-21/h2-11,14-16H,12-13,30H2,1H3. The summed E-state index contributed by atoms with van der Waals surface area (Å²) in [6.07, 6.45) is 0.410. The van der Waals surface area contributed by atoms with Crippen LogP contribution in [-0.4, -0.2) is 26.0 Å². The molecule has 0 bridgehead atoms. The molecule has 0 aliphatic heterocycles. The van der Waals surface area contributed by atoms with Crippen LogP contribution in [0.15, 0.2) is 83.8 Å². The van der Waals surface area contributed by atoms with Crippen LogP contribution in [0.1, 0.15) is 5.56 Å². The molecular weight excluding hydrogens is 487 g/mol. The van der Waals surface area contributed by atoms with Crippen molar-refractivity contribution in [3.05, 3.63) is 95.3 Å². The zero-order valence-corrected chi connectivity index (χ0v) is 20.4. The third kappa shape index (κ3) is 3.95. The number of hydrogen-bond donors (Lipinski definition) is 1. The number of methoxy groups -OCH3 is 1. The van der Waals surface area contributed by atoms with E-state index in [0.29, 0.717) is 24.0 Å². The SMILES string of the molecule is COc1c(CCN)c2cc(-c3ccc4ccccc4c3)ccc2n1S(=O)(=O)c1ccc(F)c(Cl)c1. The molecule has 8 heteroatoms. The van der Waals surface area contributed by atoms with Crippen LogP contribution in [0.2, 0.25) is 5.02 Å². The smallest absolute Gasteiger partial charge is 0.271 e. The molecule has 35 heavy (non-hydrogen) atoms. The first kappa shape index (κ1) is 23.4. The number of benzene rings is 4. The van der Waals surface area contributed by atoms with Crippen molar-refractivity contribution >= 4 is 43.3 Å².